The lowest BCUT2D eigenvalue weighted by Crippen LogP contribution is -2.25. The SMILES string of the molecule is COc1ccccc1NC(=O)c1cc(C(=O)NCCC2=CCCCC2)ccn1. The molecule has 1 aromatic heterocycles. The van der Waals surface area contributed by atoms with E-state index in [0.717, 1.165) is 19.3 Å². The molecule has 0 saturated heterocycles. The van der Waals surface area contributed by atoms with Crippen molar-refractivity contribution in [3.63, 3.8) is 0 Å². The van der Waals surface area contributed by atoms with Gasteiger partial charge in [0, 0.05) is 18.3 Å². The molecule has 0 aliphatic heterocycles. The minimum absolute atomic E-state index is 0.175. The molecule has 1 heterocycles. The number of carbonyl (C=O) groups is 2. The highest BCUT2D eigenvalue weighted by atomic mass is 16.5. The maximum atomic E-state index is 12.5. The molecule has 3 rings (SSSR count). The smallest absolute Gasteiger partial charge is 0.274 e. The van der Waals surface area contributed by atoms with Crippen LogP contribution in [0, 0.1) is 0 Å². The summed E-state index contributed by atoms with van der Waals surface area (Å²) in [5.74, 6) is -0.0431. The Labute approximate surface area is 165 Å². The summed E-state index contributed by atoms with van der Waals surface area (Å²) in [6, 6.07) is 10.2. The number of anilines is 1. The van der Waals surface area contributed by atoms with Crippen molar-refractivity contribution in [1.82, 2.24) is 10.3 Å². The first kappa shape index (κ1) is 19.6. The quantitative estimate of drug-likeness (QED) is 0.714. The third-order valence-electron chi connectivity index (χ3n) is 4.73. The molecular weight excluding hydrogens is 354 g/mol. The number of nitrogens with zero attached hydrogens (tertiary/aromatic N) is 1. The highest BCUT2D eigenvalue weighted by Crippen LogP contribution is 2.23. The van der Waals surface area contributed by atoms with Crippen molar-refractivity contribution in [2.45, 2.75) is 32.1 Å². The minimum atomic E-state index is -0.397. The number of rotatable bonds is 7. The zero-order valence-corrected chi connectivity index (χ0v) is 16.0. The molecule has 1 aliphatic rings. The van der Waals surface area contributed by atoms with E-state index < -0.39 is 5.91 Å². The molecule has 0 unspecified atom stereocenters. The maximum absolute atomic E-state index is 12.5. The molecule has 146 valence electrons. The third kappa shape index (κ3) is 5.19. The molecule has 0 saturated carbocycles. The van der Waals surface area contributed by atoms with E-state index in [1.165, 1.54) is 37.8 Å². The van der Waals surface area contributed by atoms with Crippen LogP contribution in [0.4, 0.5) is 5.69 Å². The molecule has 2 N–H and O–H groups in total. The van der Waals surface area contributed by atoms with Gasteiger partial charge in [0.15, 0.2) is 0 Å². The van der Waals surface area contributed by atoms with E-state index in [9.17, 15) is 9.59 Å². The number of benzene rings is 1. The first-order valence-corrected chi connectivity index (χ1v) is 9.54. The fourth-order valence-electron chi connectivity index (χ4n) is 3.20. The Kier molecular flexibility index (Phi) is 6.78. The van der Waals surface area contributed by atoms with Gasteiger partial charge in [-0.2, -0.15) is 0 Å². The number of carbonyl (C=O) groups excluding carboxylic acids is 2. The Morgan fingerprint density at radius 3 is 2.79 bits per heavy atom. The van der Waals surface area contributed by atoms with Crippen molar-refractivity contribution in [3.05, 3.63) is 65.5 Å². The Morgan fingerprint density at radius 2 is 2.00 bits per heavy atom. The third-order valence-corrected chi connectivity index (χ3v) is 4.73. The zero-order valence-electron chi connectivity index (χ0n) is 16.0. The van der Waals surface area contributed by atoms with Crippen LogP contribution in [-0.2, 0) is 0 Å². The molecule has 0 atom stereocenters. The number of hydrogen-bond donors (Lipinski definition) is 2. The van der Waals surface area contributed by atoms with Crippen LogP contribution in [0.25, 0.3) is 0 Å². The van der Waals surface area contributed by atoms with Crippen LogP contribution in [0.1, 0.15) is 53.0 Å². The van der Waals surface area contributed by atoms with Gasteiger partial charge in [-0.1, -0.05) is 23.8 Å². The molecule has 6 nitrogen and oxygen atoms in total. The lowest BCUT2D eigenvalue weighted by Gasteiger charge is -2.13. The topological polar surface area (TPSA) is 80.3 Å². The van der Waals surface area contributed by atoms with E-state index >= 15 is 0 Å². The number of hydrogen-bond acceptors (Lipinski definition) is 4. The predicted molar refractivity (Wildman–Crippen MR) is 109 cm³/mol. The van der Waals surface area contributed by atoms with Gasteiger partial charge in [0.25, 0.3) is 11.8 Å². The summed E-state index contributed by atoms with van der Waals surface area (Å²) in [6.45, 7) is 0.593. The normalized spacial score (nSPS) is 13.4. The molecule has 0 fully saturated rings. The van der Waals surface area contributed by atoms with Crippen LogP contribution in [0.2, 0.25) is 0 Å². The van der Waals surface area contributed by atoms with E-state index in [1.54, 1.807) is 24.3 Å². The zero-order chi connectivity index (χ0) is 19.8. The van der Waals surface area contributed by atoms with Crippen molar-refractivity contribution in [3.8, 4) is 5.75 Å². The Bertz CT molecular complexity index is 877. The molecule has 0 bridgehead atoms. The number of methoxy groups -OCH3 is 1. The summed E-state index contributed by atoms with van der Waals surface area (Å²) in [7, 11) is 1.54. The summed E-state index contributed by atoms with van der Waals surface area (Å²) in [4.78, 5) is 29.0. The minimum Gasteiger partial charge on any atom is -0.495 e. The van der Waals surface area contributed by atoms with Crippen molar-refractivity contribution < 1.29 is 14.3 Å². The second kappa shape index (κ2) is 9.69. The lowest BCUT2D eigenvalue weighted by atomic mass is 9.97. The summed E-state index contributed by atoms with van der Waals surface area (Å²) in [5.41, 5.74) is 2.55. The van der Waals surface area contributed by atoms with E-state index in [4.69, 9.17) is 4.74 Å². The lowest BCUT2D eigenvalue weighted by molar-refractivity contribution is 0.0954. The first-order chi connectivity index (χ1) is 13.7. The van der Waals surface area contributed by atoms with Crippen molar-refractivity contribution in [2.24, 2.45) is 0 Å². The highest BCUT2D eigenvalue weighted by molar-refractivity contribution is 6.05. The molecule has 0 spiro atoms. The summed E-state index contributed by atoms with van der Waals surface area (Å²) >= 11 is 0. The summed E-state index contributed by atoms with van der Waals surface area (Å²) < 4.78 is 5.23. The second-order valence-corrected chi connectivity index (χ2v) is 6.70. The van der Waals surface area contributed by atoms with Gasteiger partial charge in [0.2, 0.25) is 0 Å². The molecule has 1 aromatic carbocycles. The average Bonchev–Trinajstić information content (AvgIpc) is 2.75. The van der Waals surface area contributed by atoms with E-state index in [0.29, 0.717) is 23.5 Å². The van der Waals surface area contributed by atoms with E-state index in [2.05, 4.69) is 21.7 Å². The van der Waals surface area contributed by atoms with Crippen LogP contribution in [0.3, 0.4) is 0 Å². The second-order valence-electron chi connectivity index (χ2n) is 6.70. The number of amides is 2. The molecule has 2 amide bonds. The van der Waals surface area contributed by atoms with Crippen molar-refractivity contribution in [2.75, 3.05) is 19.0 Å². The number of ether oxygens (including phenoxy) is 1. The van der Waals surface area contributed by atoms with Crippen LogP contribution in [0.15, 0.2) is 54.2 Å². The average molecular weight is 379 g/mol. The highest BCUT2D eigenvalue weighted by Gasteiger charge is 2.14. The van der Waals surface area contributed by atoms with Gasteiger partial charge in [-0.3, -0.25) is 14.6 Å². The Hall–Kier alpha value is -3.15. The van der Waals surface area contributed by atoms with Gasteiger partial charge in [0.05, 0.1) is 12.8 Å². The van der Waals surface area contributed by atoms with Gasteiger partial charge in [0.1, 0.15) is 11.4 Å². The Morgan fingerprint density at radius 1 is 1.14 bits per heavy atom. The van der Waals surface area contributed by atoms with Crippen molar-refractivity contribution >= 4 is 17.5 Å². The van der Waals surface area contributed by atoms with Gasteiger partial charge in [-0.05, 0) is 56.4 Å². The number of para-hydroxylation sites is 2. The number of aromatic nitrogens is 1. The first-order valence-electron chi connectivity index (χ1n) is 9.54. The van der Waals surface area contributed by atoms with Crippen LogP contribution < -0.4 is 15.4 Å². The summed E-state index contributed by atoms with van der Waals surface area (Å²) in [6.07, 6.45) is 9.37. The molecule has 28 heavy (non-hydrogen) atoms. The maximum Gasteiger partial charge on any atom is 0.274 e. The van der Waals surface area contributed by atoms with Crippen LogP contribution >= 0.6 is 0 Å². The standard InChI is InChI=1S/C22H25N3O3/c1-28-20-10-6-5-9-18(20)25-22(27)19-15-17(12-14-23-19)21(26)24-13-11-16-7-3-2-4-8-16/h5-7,9-10,12,14-15H,2-4,8,11,13H2,1H3,(H,24,26)(H,25,27). The predicted octanol–water partition coefficient (Wildman–Crippen LogP) is 3.96. The number of allylic oxidation sites excluding steroid dienone is 1. The van der Waals surface area contributed by atoms with Gasteiger partial charge in [-0.25, -0.2) is 0 Å². The van der Waals surface area contributed by atoms with E-state index in [-0.39, 0.29) is 11.6 Å². The van der Waals surface area contributed by atoms with Gasteiger partial charge in [-0.15, -0.1) is 0 Å². The van der Waals surface area contributed by atoms with Gasteiger partial charge >= 0.3 is 0 Å². The molecule has 1 aliphatic carbocycles. The molecule has 6 heteroatoms. The molecule has 2 aromatic rings. The largest absolute Gasteiger partial charge is 0.495 e. The number of pyridine rings is 1. The monoisotopic (exact) mass is 379 g/mol. The Balaban J connectivity index is 1.60. The van der Waals surface area contributed by atoms with Crippen LogP contribution in [-0.4, -0.2) is 30.5 Å². The molecular formula is C22H25N3O3. The summed E-state index contributed by atoms with van der Waals surface area (Å²) in [5, 5.41) is 5.69. The van der Waals surface area contributed by atoms with E-state index in [1.807, 2.05) is 6.07 Å². The van der Waals surface area contributed by atoms with Crippen LogP contribution in [0.5, 0.6) is 5.75 Å². The fraction of sp³-hybridized carbons (Fsp3) is 0.318. The van der Waals surface area contributed by atoms with Crippen molar-refractivity contribution in [1.29, 1.82) is 0 Å². The molecule has 0 radical (unpaired) electrons. The van der Waals surface area contributed by atoms with Gasteiger partial charge < -0.3 is 15.4 Å². The fourth-order valence-corrected chi connectivity index (χ4v) is 3.20. The number of nitrogens with one attached hydrogen (secondary N) is 2.